The monoisotopic (exact) mass is 296 g/mol. The molecule has 114 valence electrons. The van der Waals surface area contributed by atoms with Gasteiger partial charge in [0, 0.05) is 32.0 Å². The van der Waals surface area contributed by atoms with Crippen LogP contribution in [-0.2, 0) is 6.54 Å². The Bertz CT molecular complexity index is 743. The van der Waals surface area contributed by atoms with Gasteiger partial charge in [-0.1, -0.05) is 12.1 Å². The maximum absolute atomic E-state index is 5.91. The second-order valence-corrected chi connectivity index (χ2v) is 6.05. The summed E-state index contributed by atoms with van der Waals surface area (Å²) in [4.78, 5) is 11.2. The molecule has 0 aliphatic carbocycles. The standard InChI is InChI=1S/C17H20N4O/c1-13-18-8-10-20(13)11-14-5-4-9-21(12-14)17-19-15-6-2-3-7-16(15)22-17/h2-3,6-8,10,14H,4-5,9,11-12H2,1H3/t14-/m1/s1. The summed E-state index contributed by atoms with van der Waals surface area (Å²) < 4.78 is 8.15. The summed E-state index contributed by atoms with van der Waals surface area (Å²) in [6, 6.07) is 8.71. The zero-order valence-electron chi connectivity index (χ0n) is 12.8. The second-order valence-electron chi connectivity index (χ2n) is 6.05. The van der Waals surface area contributed by atoms with Crippen LogP contribution in [0.4, 0.5) is 6.01 Å². The molecule has 1 aliphatic rings. The summed E-state index contributed by atoms with van der Waals surface area (Å²) in [7, 11) is 0. The first-order chi connectivity index (χ1) is 10.8. The SMILES string of the molecule is Cc1nccn1C[C@H]1CCCN(c2nc3ccccc3o2)C1. The van der Waals surface area contributed by atoms with Crippen molar-refractivity contribution in [1.82, 2.24) is 14.5 Å². The van der Waals surface area contributed by atoms with Crippen LogP contribution < -0.4 is 4.90 Å². The van der Waals surface area contributed by atoms with Crippen LogP contribution in [0.5, 0.6) is 0 Å². The highest BCUT2D eigenvalue weighted by atomic mass is 16.4. The summed E-state index contributed by atoms with van der Waals surface area (Å²) in [6.45, 7) is 5.08. The molecular formula is C17H20N4O. The van der Waals surface area contributed by atoms with E-state index in [1.54, 1.807) is 0 Å². The molecule has 2 aromatic heterocycles. The van der Waals surface area contributed by atoms with Gasteiger partial charge in [-0.3, -0.25) is 0 Å². The van der Waals surface area contributed by atoms with Crippen molar-refractivity contribution in [2.45, 2.75) is 26.3 Å². The van der Waals surface area contributed by atoms with Gasteiger partial charge in [0.1, 0.15) is 11.3 Å². The quantitative estimate of drug-likeness (QED) is 0.744. The maximum Gasteiger partial charge on any atom is 0.298 e. The third kappa shape index (κ3) is 2.47. The first kappa shape index (κ1) is 13.4. The highest BCUT2D eigenvalue weighted by molar-refractivity contribution is 5.74. The molecule has 1 saturated heterocycles. The largest absolute Gasteiger partial charge is 0.423 e. The molecule has 1 atom stereocenters. The molecule has 1 fully saturated rings. The van der Waals surface area contributed by atoms with E-state index in [4.69, 9.17) is 4.42 Å². The summed E-state index contributed by atoms with van der Waals surface area (Å²) in [6.07, 6.45) is 6.36. The van der Waals surface area contributed by atoms with Crippen LogP contribution in [0.15, 0.2) is 41.1 Å². The zero-order chi connectivity index (χ0) is 14.9. The minimum atomic E-state index is 0.608. The van der Waals surface area contributed by atoms with Gasteiger partial charge in [-0.15, -0.1) is 0 Å². The van der Waals surface area contributed by atoms with Crippen LogP contribution in [0.25, 0.3) is 11.1 Å². The Morgan fingerprint density at radius 2 is 2.23 bits per heavy atom. The number of nitrogens with zero attached hydrogens (tertiary/aromatic N) is 4. The fraction of sp³-hybridized carbons (Fsp3) is 0.412. The third-order valence-electron chi connectivity index (χ3n) is 4.45. The molecule has 0 amide bonds. The van der Waals surface area contributed by atoms with Gasteiger partial charge in [-0.2, -0.15) is 4.98 Å². The van der Waals surface area contributed by atoms with Gasteiger partial charge < -0.3 is 13.9 Å². The first-order valence-electron chi connectivity index (χ1n) is 7.88. The minimum absolute atomic E-state index is 0.608. The van der Waals surface area contributed by atoms with Crippen molar-refractivity contribution in [3.05, 3.63) is 42.5 Å². The van der Waals surface area contributed by atoms with Gasteiger partial charge >= 0.3 is 0 Å². The van der Waals surface area contributed by atoms with E-state index in [9.17, 15) is 0 Å². The molecular weight excluding hydrogens is 276 g/mol. The fourth-order valence-corrected chi connectivity index (χ4v) is 3.26. The van der Waals surface area contributed by atoms with Crippen molar-refractivity contribution in [2.75, 3.05) is 18.0 Å². The van der Waals surface area contributed by atoms with E-state index < -0.39 is 0 Å². The maximum atomic E-state index is 5.91. The van der Waals surface area contributed by atoms with Gasteiger partial charge in [-0.05, 0) is 37.8 Å². The molecule has 5 nitrogen and oxygen atoms in total. The molecule has 5 heteroatoms. The lowest BCUT2D eigenvalue weighted by Crippen LogP contribution is -2.37. The van der Waals surface area contributed by atoms with Crippen LogP contribution in [-0.4, -0.2) is 27.6 Å². The van der Waals surface area contributed by atoms with E-state index in [1.807, 2.05) is 30.5 Å². The van der Waals surface area contributed by atoms with Crippen molar-refractivity contribution in [3.8, 4) is 0 Å². The number of aromatic nitrogens is 3. The van der Waals surface area contributed by atoms with Gasteiger partial charge in [0.05, 0.1) is 0 Å². The smallest absolute Gasteiger partial charge is 0.298 e. The Morgan fingerprint density at radius 3 is 3.05 bits per heavy atom. The van der Waals surface area contributed by atoms with Gasteiger partial charge in [0.2, 0.25) is 0 Å². The van der Waals surface area contributed by atoms with Crippen LogP contribution in [0, 0.1) is 12.8 Å². The van der Waals surface area contributed by atoms with E-state index in [0.29, 0.717) is 5.92 Å². The predicted molar refractivity (Wildman–Crippen MR) is 85.9 cm³/mol. The Morgan fingerprint density at radius 1 is 1.32 bits per heavy atom. The van der Waals surface area contributed by atoms with Gasteiger partial charge in [-0.25, -0.2) is 4.98 Å². The van der Waals surface area contributed by atoms with Crippen LogP contribution in [0.3, 0.4) is 0 Å². The van der Waals surface area contributed by atoms with Crippen molar-refractivity contribution in [3.63, 3.8) is 0 Å². The molecule has 1 aromatic carbocycles. The van der Waals surface area contributed by atoms with Gasteiger partial charge in [0.15, 0.2) is 5.58 Å². The molecule has 0 radical (unpaired) electrons. The number of fused-ring (bicyclic) bond motifs is 1. The van der Waals surface area contributed by atoms with E-state index >= 15 is 0 Å². The molecule has 0 bridgehead atoms. The lowest BCUT2D eigenvalue weighted by Gasteiger charge is -2.31. The lowest BCUT2D eigenvalue weighted by molar-refractivity contribution is 0.352. The fourth-order valence-electron chi connectivity index (χ4n) is 3.26. The van der Waals surface area contributed by atoms with E-state index in [0.717, 1.165) is 42.6 Å². The number of hydrogen-bond acceptors (Lipinski definition) is 4. The predicted octanol–water partition coefficient (Wildman–Crippen LogP) is 3.25. The van der Waals surface area contributed by atoms with Crippen molar-refractivity contribution in [2.24, 2.45) is 5.92 Å². The minimum Gasteiger partial charge on any atom is -0.423 e. The summed E-state index contributed by atoms with van der Waals surface area (Å²) in [5.74, 6) is 1.69. The van der Waals surface area contributed by atoms with Crippen LogP contribution in [0.1, 0.15) is 18.7 Å². The second kappa shape index (κ2) is 5.48. The molecule has 22 heavy (non-hydrogen) atoms. The van der Waals surface area contributed by atoms with E-state index in [-0.39, 0.29) is 0 Å². The number of piperidine rings is 1. The average molecular weight is 296 g/mol. The molecule has 4 rings (SSSR count). The third-order valence-corrected chi connectivity index (χ3v) is 4.45. The van der Waals surface area contributed by atoms with Crippen molar-refractivity contribution in [1.29, 1.82) is 0 Å². The van der Waals surface area contributed by atoms with E-state index in [2.05, 4.69) is 32.6 Å². The Labute approximate surface area is 129 Å². The summed E-state index contributed by atoms with van der Waals surface area (Å²) >= 11 is 0. The zero-order valence-corrected chi connectivity index (χ0v) is 12.8. The first-order valence-corrected chi connectivity index (χ1v) is 7.88. The molecule has 3 aromatic rings. The number of anilines is 1. The molecule has 0 N–H and O–H groups in total. The molecule has 1 aliphatic heterocycles. The number of oxazole rings is 1. The Hall–Kier alpha value is -2.30. The lowest BCUT2D eigenvalue weighted by atomic mass is 9.98. The number of para-hydroxylation sites is 2. The molecule has 0 spiro atoms. The molecule has 0 unspecified atom stereocenters. The number of rotatable bonds is 3. The van der Waals surface area contributed by atoms with Crippen molar-refractivity contribution < 1.29 is 4.42 Å². The molecule has 3 heterocycles. The van der Waals surface area contributed by atoms with Crippen molar-refractivity contribution >= 4 is 17.1 Å². The van der Waals surface area contributed by atoms with Crippen LogP contribution in [0.2, 0.25) is 0 Å². The van der Waals surface area contributed by atoms with Gasteiger partial charge in [0.25, 0.3) is 6.01 Å². The summed E-state index contributed by atoms with van der Waals surface area (Å²) in [5, 5.41) is 0. The number of hydrogen-bond donors (Lipinski definition) is 0. The van der Waals surface area contributed by atoms with E-state index in [1.165, 1.54) is 12.8 Å². The highest BCUT2D eigenvalue weighted by Crippen LogP contribution is 2.27. The Kier molecular flexibility index (Phi) is 3.33. The number of aryl methyl sites for hydroxylation is 1. The topological polar surface area (TPSA) is 47.1 Å². The normalized spacial score (nSPS) is 19.0. The number of imidazole rings is 1. The number of benzene rings is 1. The average Bonchev–Trinajstić information content (AvgIpc) is 3.14. The highest BCUT2D eigenvalue weighted by Gasteiger charge is 2.24. The Balaban J connectivity index is 1.51. The van der Waals surface area contributed by atoms with Crippen LogP contribution >= 0.6 is 0 Å². The molecule has 0 saturated carbocycles. The summed E-state index contributed by atoms with van der Waals surface area (Å²) in [5.41, 5.74) is 1.80.